The standard InChI is InChI=1S/C12H17NO3/c14-11-4-6-13(7-5-11)8-10-16-12-3-1-2-9-15-12/h4-7,12H,1-3,8-10H2. The maximum absolute atomic E-state index is 10.9. The van der Waals surface area contributed by atoms with E-state index < -0.39 is 0 Å². The summed E-state index contributed by atoms with van der Waals surface area (Å²) in [6.45, 7) is 2.18. The predicted molar refractivity (Wildman–Crippen MR) is 60.2 cm³/mol. The summed E-state index contributed by atoms with van der Waals surface area (Å²) in [6, 6.07) is 3.11. The van der Waals surface area contributed by atoms with Gasteiger partial charge >= 0.3 is 0 Å². The molecule has 0 saturated carbocycles. The molecule has 4 nitrogen and oxygen atoms in total. The van der Waals surface area contributed by atoms with Gasteiger partial charge in [0.2, 0.25) is 0 Å². The van der Waals surface area contributed by atoms with Crippen molar-refractivity contribution in [3.8, 4) is 0 Å². The molecule has 0 N–H and O–H groups in total. The first-order valence-electron chi connectivity index (χ1n) is 5.74. The highest BCUT2D eigenvalue weighted by molar-refractivity contribution is 4.93. The quantitative estimate of drug-likeness (QED) is 0.774. The molecule has 2 heterocycles. The number of pyridine rings is 1. The molecule has 2 rings (SSSR count). The minimum absolute atomic E-state index is 0.0341. The van der Waals surface area contributed by atoms with Crippen LogP contribution in [0.1, 0.15) is 19.3 Å². The molecular weight excluding hydrogens is 206 g/mol. The molecular formula is C12H17NO3. The topological polar surface area (TPSA) is 40.5 Å². The number of hydrogen-bond donors (Lipinski definition) is 0. The normalized spacial score (nSPS) is 20.9. The van der Waals surface area contributed by atoms with Crippen molar-refractivity contribution in [1.82, 2.24) is 4.57 Å². The SMILES string of the molecule is O=c1ccn(CCOC2CCCCO2)cc1. The van der Waals surface area contributed by atoms with Gasteiger partial charge in [-0.3, -0.25) is 4.79 Å². The first kappa shape index (κ1) is 11.4. The lowest BCUT2D eigenvalue weighted by Crippen LogP contribution is -2.24. The first-order chi connectivity index (χ1) is 7.84. The Labute approximate surface area is 94.8 Å². The number of ether oxygens (including phenoxy) is 2. The van der Waals surface area contributed by atoms with Crippen LogP contribution in [0.2, 0.25) is 0 Å². The predicted octanol–water partition coefficient (Wildman–Crippen LogP) is 1.39. The second-order valence-corrected chi connectivity index (χ2v) is 3.94. The van der Waals surface area contributed by atoms with E-state index in [0.29, 0.717) is 6.61 Å². The second kappa shape index (κ2) is 5.82. The van der Waals surface area contributed by atoms with Gasteiger partial charge in [0.15, 0.2) is 11.7 Å². The van der Waals surface area contributed by atoms with Crippen LogP contribution in [0.3, 0.4) is 0 Å². The average molecular weight is 223 g/mol. The molecule has 1 fully saturated rings. The Balaban J connectivity index is 1.71. The molecule has 1 aromatic rings. The number of hydrogen-bond acceptors (Lipinski definition) is 3. The molecule has 1 unspecified atom stereocenters. The Morgan fingerprint density at radius 3 is 2.88 bits per heavy atom. The van der Waals surface area contributed by atoms with Crippen LogP contribution in [0, 0.1) is 0 Å². The fourth-order valence-electron chi connectivity index (χ4n) is 1.72. The van der Waals surface area contributed by atoms with Gasteiger partial charge in [0, 0.05) is 37.7 Å². The highest BCUT2D eigenvalue weighted by Crippen LogP contribution is 2.13. The van der Waals surface area contributed by atoms with E-state index >= 15 is 0 Å². The van der Waals surface area contributed by atoms with Crippen molar-refractivity contribution in [1.29, 1.82) is 0 Å². The van der Waals surface area contributed by atoms with E-state index in [0.717, 1.165) is 26.0 Å². The monoisotopic (exact) mass is 223 g/mol. The van der Waals surface area contributed by atoms with Gasteiger partial charge < -0.3 is 14.0 Å². The van der Waals surface area contributed by atoms with Gasteiger partial charge in [-0.05, 0) is 19.3 Å². The zero-order chi connectivity index (χ0) is 11.2. The lowest BCUT2D eigenvalue weighted by Gasteiger charge is -2.22. The lowest BCUT2D eigenvalue weighted by atomic mass is 10.2. The van der Waals surface area contributed by atoms with Crippen LogP contribution in [-0.2, 0) is 16.0 Å². The van der Waals surface area contributed by atoms with Gasteiger partial charge in [0.1, 0.15) is 0 Å². The molecule has 1 saturated heterocycles. The highest BCUT2D eigenvalue weighted by Gasteiger charge is 2.13. The van der Waals surface area contributed by atoms with Crippen molar-refractivity contribution in [2.45, 2.75) is 32.1 Å². The Morgan fingerprint density at radius 2 is 2.19 bits per heavy atom. The summed E-state index contributed by atoms with van der Waals surface area (Å²) in [5, 5.41) is 0. The van der Waals surface area contributed by atoms with Crippen LogP contribution in [0.15, 0.2) is 29.3 Å². The minimum Gasteiger partial charge on any atom is -0.353 e. The van der Waals surface area contributed by atoms with Gasteiger partial charge in [0.05, 0.1) is 6.61 Å². The van der Waals surface area contributed by atoms with Crippen molar-refractivity contribution < 1.29 is 9.47 Å². The highest BCUT2D eigenvalue weighted by atomic mass is 16.7. The summed E-state index contributed by atoms with van der Waals surface area (Å²) in [6.07, 6.45) is 6.82. The molecule has 1 aromatic heterocycles. The maximum Gasteiger partial charge on any atom is 0.181 e. The van der Waals surface area contributed by atoms with Gasteiger partial charge in [-0.1, -0.05) is 0 Å². The third-order valence-electron chi connectivity index (χ3n) is 2.65. The third-order valence-corrected chi connectivity index (χ3v) is 2.65. The van der Waals surface area contributed by atoms with Crippen LogP contribution in [0.5, 0.6) is 0 Å². The van der Waals surface area contributed by atoms with E-state index in [1.807, 2.05) is 4.57 Å². The molecule has 0 bridgehead atoms. The molecule has 1 aliphatic heterocycles. The van der Waals surface area contributed by atoms with Gasteiger partial charge in [-0.2, -0.15) is 0 Å². The number of rotatable bonds is 4. The van der Waals surface area contributed by atoms with Crippen LogP contribution in [0.25, 0.3) is 0 Å². The van der Waals surface area contributed by atoms with Crippen LogP contribution >= 0.6 is 0 Å². The number of aromatic nitrogens is 1. The van der Waals surface area contributed by atoms with Gasteiger partial charge in [-0.15, -0.1) is 0 Å². The van der Waals surface area contributed by atoms with E-state index in [2.05, 4.69) is 0 Å². The summed E-state index contributed by atoms with van der Waals surface area (Å²) in [5.41, 5.74) is 0.0350. The maximum atomic E-state index is 10.9. The summed E-state index contributed by atoms with van der Waals surface area (Å²) in [5.74, 6) is 0. The molecule has 0 spiro atoms. The number of nitrogens with zero attached hydrogens (tertiary/aromatic N) is 1. The molecule has 4 heteroatoms. The van der Waals surface area contributed by atoms with Crippen molar-refractivity contribution in [3.63, 3.8) is 0 Å². The molecule has 0 radical (unpaired) electrons. The largest absolute Gasteiger partial charge is 0.353 e. The van der Waals surface area contributed by atoms with Gasteiger partial charge in [0.25, 0.3) is 0 Å². The van der Waals surface area contributed by atoms with Crippen molar-refractivity contribution in [2.24, 2.45) is 0 Å². The fraction of sp³-hybridized carbons (Fsp3) is 0.583. The Kier molecular flexibility index (Phi) is 4.13. The van der Waals surface area contributed by atoms with E-state index in [9.17, 15) is 4.79 Å². The zero-order valence-corrected chi connectivity index (χ0v) is 9.30. The summed E-state index contributed by atoms with van der Waals surface area (Å²) < 4.78 is 13.0. The second-order valence-electron chi connectivity index (χ2n) is 3.94. The van der Waals surface area contributed by atoms with Crippen LogP contribution in [0.4, 0.5) is 0 Å². The van der Waals surface area contributed by atoms with Gasteiger partial charge in [-0.25, -0.2) is 0 Å². The van der Waals surface area contributed by atoms with Crippen molar-refractivity contribution in [2.75, 3.05) is 13.2 Å². The Bertz CT molecular complexity index is 348. The summed E-state index contributed by atoms with van der Waals surface area (Å²) in [7, 11) is 0. The molecule has 0 aromatic carbocycles. The minimum atomic E-state index is -0.0341. The Hall–Kier alpha value is -1.13. The van der Waals surface area contributed by atoms with Crippen molar-refractivity contribution in [3.05, 3.63) is 34.7 Å². The molecule has 88 valence electrons. The van der Waals surface area contributed by atoms with E-state index in [1.165, 1.54) is 6.42 Å². The zero-order valence-electron chi connectivity index (χ0n) is 9.30. The molecule has 16 heavy (non-hydrogen) atoms. The fourth-order valence-corrected chi connectivity index (χ4v) is 1.72. The van der Waals surface area contributed by atoms with Crippen LogP contribution < -0.4 is 5.43 Å². The van der Waals surface area contributed by atoms with Crippen molar-refractivity contribution >= 4 is 0 Å². The average Bonchev–Trinajstić information content (AvgIpc) is 2.33. The Morgan fingerprint density at radius 1 is 1.38 bits per heavy atom. The summed E-state index contributed by atoms with van der Waals surface area (Å²) >= 11 is 0. The van der Waals surface area contributed by atoms with Crippen LogP contribution in [-0.4, -0.2) is 24.1 Å². The van der Waals surface area contributed by atoms with E-state index in [1.54, 1.807) is 24.5 Å². The third kappa shape index (κ3) is 3.47. The van der Waals surface area contributed by atoms with E-state index in [4.69, 9.17) is 9.47 Å². The van der Waals surface area contributed by atoms with E-state index in [-0.39, 0.29) is 11.7 Å². The first-order valence-corrected chi connectivity index (χ1v) is 5.74. The molecule has 1 atom stereocenters. The molecule has 1 aliphatic rings. The molecule has 0 aliphatic carbocycles. The summed E-state index contributed by atoms with van der Waals surface area (Å²) in [4.78, 5) is 10.9. The lowest BCUT2D eigenvalue weighted by molar-refractivity contribution is -0.163. The molecule has 0 amide bonds. The smallest absolute Gasteiger partial charge is 0.181 e.